The molecular weight excluding hydrogens is 424 g/mol. The van der Waals surface area contributed by atoms with E-state index in [9.17, 15) is 4.79 Å². The van der Waals surface area contributed by atoms with E-state index in [1.165, 1.54) is 0 Å². The fourth-order valence-corrected chi connectivity index (χ4v) is 4.75. The van der Waals surface area contributed by atoms with E-state index in [1.54, 1.807) is 13.3 Å². The predicted octanol–water partition coefficient (Wildman–Crippen LogP) is 6.91. The molecule has 0 aliphatic carbocycles. The van der Waals surface area contributed by atoms with Gasteiger partial charge in [0.15, 0.2) is 0 Å². The van der Waals surface area contributed by atoms with Crippen molar-refractivity contribution in [3.8, 4) is 17.0 Å². The first-order valence-electron chi connectivity index (χ1n) is 11.7. The second kappa shape index (κ2) is 10.1. The Labute approximate surface area is 202 Å². The Hall–Kier alpha value is -3.60. The zero-order chi connectivity index (χ0) is 24.1. The molecule has 3 aromatic rings. The maximum Gasteiger partial charge on any atom is 0.411 e. The number of carbonyl (C=O) groups excluding carboxylic acids is 1. The summed E-state index contributed by atoms with van der Waals surface area (Å²) in [5.41, 5.74) is 4.52. The summed E-state index contributed by atoms with van der Waals surface area (Å²) >= 11 is 0. The van der Waals surface area contributed by atoms with Gasteiger partial charge in [-0.15, -0.1) is 0 Å². The van der Waals surface area contributed by atoms with Gasteiger partial charge < -0.3 is 14.4 Å². The van der Waals surface area contributed by atoms with Gasteiger partial charge in [-0.1, -0.05) is 66.7 Å². The Bertz CT molecular complexity index is 1140. The van der Waals surface area contributed by atoms with E-state index in [1.807, 2.05) is 54.3 Å². The summed E-state index contributed by atoms with van der Waals surface area (Å²) in [6, 6.07) is 22.1. The highest BCUT2D eigenvalue weighted by Crippen LogP contribution is 2.40. The van der Waals surface area contributed by atoms with Crippen molar-refractivity contribution in [3.05, 3.63) is 96.2 Å². The van der Waals surface area contributed by atoms with Crippen LogP contribution in [0.15, 0.2) is 85.1 Å². The molecular formula is C29H32N2O3. The SMILES string of the molecule is C=C(C)C[C@@]1(c2ccccc2)CCCN([C@@H](C)c2ccc(-c3ccnc(OC)c3)cc2)C(=O)O1. The number of carbonyl (C=O) groups is 1. The molecule has 0 saturated carbocycles. The Morgan fingerprint density at radius 1 is 1.15 bits per heavy atom. The first kappa shape index (κ1) is 23.6. The lowest BCUT2D eigenvalue weighted by Crippen LogP contribution is -2.37. The molecule has 34 heavy (non-hydrogen) atoms. The van der Waals surface area contributed by atoms with Crippen LogP contribution in [0.2, 0.25) is 0 Å². The molecule has 1 fully saturated rings. The number of benzene rings is 2. The van der Waals surface area contributed by atoms with E-state index >= 15 is 0 Å². The minimum atomic E-state index is -0.678. The molecule has 5 nitrogen and oxygen atoms in total. The van der Waals surface area contributed by atoms with E-state index in [4.69, 9.17) is 9.47 Å². The van der Waals surface area contributed by atoms with Gasteiger partial charge in [0.25, 0.3) is 0 Å². The molecule has 1 saturated heterocycles. The number of methoxy groups -OCH3 is 1. The first-order chi connectivity index (χ1) is 16.4. The molecule has 1 aliphatic heterocycles. The van der Waals surface area contributed by atoms with Crippen molar-refractivity contribution < 1.29 is 14.3 Å². The van der Waals surface area contributed by atoms with Crippen molar-refractivity contribution in [2.75, 3.05) is 13.7 Å². The minimum Gasteiger partial charge on any atom is -0.481 e. The van der Waals surface area contributed by atoms with Gasteiger partial charge >= 0.3 is 6.09 Å². The second-order valence-electron chi connectivity index (χ2n) is 9.04. The van der Waals surface area contributed by atoms with Gasteiger partial charge in [-0.3, -0.25) is 0 Å². The van der Waals surface area contributed by atoms with Crippen LogP contribution >= 0.6 is 0 Å². The fraction of sp³-hybridized carbons (Fsp3) is 0.310. The lowest BCUT2D eigenvalue weighted by molar-refractivity contribution is -0.00803. The standard InChI is InChI=1S/C29H32N2O3/c1-21(2)20-29(26-9-6-5-7-10-26)16-8-18-31(28(32)34-29)22(3)23-11-13-24(14-12-23)25-15-17-30-27(19-25)33-4/h5-7,9-15,17,19,22H,1,8,16,18,20H2,2-4H3/t22-,29+/m0/s1. The number of nitrogens with zero attached hydrogens (tertiary/aromatic N) is 2. The van der Waals surface area contributed by atoms with E-state index in [-0.39, 0.29) is 12.1 Å². The number of amides is 1. The van der Waals surface area contributed by atoms with Gasteiger partial charge in [0.05, 0.1) is 13.2 Å². The van der Waals surface area contributed by atoms with E-state index in [0.29, 0.717) is 18.8 Å². The molecule has 0 N–H and O–H groups in total. The topological polar surface area (TPSA) is 51.7 Å². The number of rotatable bonds is 7. The molecule has 4 rings (SSSR count). The smallest absolute Gasteiger partial charge is 0.411 e. The fourth-order valence-electron chi connectivity index (χ4n) is 4.75. The third-order valence-corrected chi connectivity index (χ3v) is 6.52. The first-order valence-corrected chi connectivity index (χ1v) is 11.7. The van der Waals surface area contributed by atoms with Gasteiger partial charge in [-0.2, -0.15) is 0 Å². The predicted molar refractivity (Wildman–Crippen MR) is 135 cm³/mol. The number of ether oxygens (including phenoxy) is 2. The third-order valence-electron chi connectivity index (χ3n) is 6.52. The molecule has 5 heteroatoms. The normalized spacial score (nSPS) is 19.1. The quantitative estimate of drug-likeness (QED) is 0.362. The van der Waals surface area contributed by atoms with Crippen molar-refractivity contribution >= 4 is 6.09 Å². The molecule has 2 atom stereocenters. The highest BCUT2D eigenvalue weighted by Gasteiger charge is 2.41. The van der Waals surface area contributed by atoms with Crippen LogP contribution in [-0.2, 0) is 10.3 Å². The number of aromatic nitrogens is 1. The maximum absolute atomic E-state index is 13.4. The summed E-state index contributed by atoms with van der Waals surface area (Å²) in [7, 11) is 1.61. The largest absolute Gasteiger partial charge is 0.481 e. The average Bonchev–Trinajstić information content (AvgIpc) is 3.02. The summed E-state index contributed by atoms with van der Waals surface area (Å²) in [6.45, 7) is 8.80. The molecule has 0 spiro atoms. The Morgan fingerprint density at radius 2 is 1.88 bits per heavy atom. The number of hydrogen-bond donors (Lipinski definition) is 0. The molecule has 1 aromatic heterocycles. The van der Waals surface area contributed by atoms with Crippen LogP contribution < -0.4 is 4.74 Å². The number of pyridine rings is 1. The molecule has 0 radical (unpaired) electrons. The van der Waals surface area contributed by atoms with Crippen LogP contribution in [-0.4, -0.2) is 29.6 Å². The van der Waals surface area contributed by atoms with E-state index < -0.39 is 5.60 Å². The summed E-state index contributed by atoms with van der Waals surface area (Å²) < 4.78 is 11.5. The zero-order valence-corrected chi connectivity index (χ0v) is 20.2. The number of hydrogen-bond acceptors (Lipinski definition) is 4. The molecule has 2 heterocycles. The van der Waals surface area contributed by atoms with E-state index in [0.717, 1.165) is 40.7 Å². The molecule has 176 valence electrons. The van der Waals surface area contributed by atoms with Crippen LogP contribution in [0.1, 0.15) is 50.3 Å². The minimum absolute atomic E-state index is 0.107. The van der Waals surface area contributed by atoms with Crippen LogP contribution in [0.25, 0.3) is 11.1 Å². The molecule has 1 aliphatic rings. The lowest BCUT2D eigenvalue weighted by atomic mass is 9.84. The molecule has 0 bridgehead atoms. The summed E-state index contributed by atoms with van der Waals surface area (Å²) in [5, 5.41) is 0. The van der Waals surface area contributed by atoms with Gasteiger partial charge in [0, 0.05) is 25.2 Å². The zero-order valence-electron chi connectivity index (χ0n) is 20.2. The summed E-state index contributed by atoms with van der Waals surface area (Å²) in [6.07, 6.45) is 3.70. The van der Waals surface area contributed by atoms with Crippen molar-refractivity contribution in [2.45, 2.75) is 44.8 Å². The summed E-state index contributed by atoms with van der Waals surface area (Å²) in [5.74, 6) is 0.582. The Morgan fingerprint density at radius 3 is 2.56 bits per heavy atom. The Balaban J connectivity index is 1.55. The Kier molecular flexibility index (Phi) is 7.01. The summed E-state index contributed by atoms with van der Waals surface area (Å²) in [4.78, 5) is 19.4. The third kappa shape index (κ3) is 4.98. The van der Waals surface area contributed by atoms with Gasteiger partial charge in [0.1, 0.15) is 5.60 Å². The lowest BCUT2D eigenvalue weighted by Gasteiger charge is -2.34. The van der Waals surface area contributed by atoms with Crippen molar-refractivity contribution in [1.29, 1.82) is 0 Å². The van der Waals surface area contributed by atoms with Crippen molar-refractivity contribution in [3.63, 3.8) is 0 Å². The van der Waals surface area contributed by atoms with Crippen molar-refractivity contribution in [1.82, 2.24) is 9.88 Å². The van der Waals surface area contributed by atoms with E-state index in [2.05, 4.69) is 42.8 Å². The van der Waals surface area contributed by atoms with Crippen LogP contribution in [0.3, 0.4) is 0 Å². The van der Waals surface area contributed by atoms with Crippen molar-refractivity contribution in [2.24, 2.45) is 0 Å². The van der Waals surface area contributed by atoms with Gasteiger partial charge in [-0.25, -0.2) is 9.78 Å². The second-order valence-corrected chi connectivity index (χ2v) is 9.04. The monoisotopic (exact) mass is 456 g/mol. The van der Waals surface area contributed by atoms with Crippen LogP contribution in [0.4, 0.5) is 4.79 Å². The van der Waals surface area contributed by atoms with Crippen LogP contribution in [0.5, 0.6) is 5.88 Å². The molecule has 1 amide bonds. The highest BCUT2D eigenvalue weighted by molar-refractivity contribution is 5.70. The number of cyclic esters (lactones) is 1. The average molecular weight is 457 g/mol. The van der Waals surface area contributed by atoms with Gasteiger partial charge in [0.2, 0.25) is 5.88 Å². The van der Waals surface area contributed by atoms with Gasteiger partial charge in [-0.05, 0) is 55.0 Å². The molecule has 2 aromatic carbocycles. The highest BCUT2D eigenvalue weighted by atomic mass is 16.6. The maximum atomic E-state index is 13.4. The van der Waals surface area contributed by atoms with Crippen LogP contribution in [0, 0.1) is 0 Å². The molecule has 0 unspecified atom stereocenters.